The van der Waals surface area contributed by atoms with Gasteiger partial charge >= 0.3 is 0 Å². The molecule has 0 aliphatic heterocycles. The number of hydrogen-bond donors (Lipinski definition) is 0. The van der Waals surface area contributed by atoms with Gasteiger partial charge in [-0.15, -0.1) is 0 Å². The number of para-hydroxylation sites is 1. The third kappa shape index (κ3) is 2.18. The molecule has 0 bridgehead atoms. The summed E-state index contributed by atoms with van der Waals surface area (Å²) in [6.07, 6.45) is 5.16. The third-order valence-corrected chi connectivity index (χ3v) is 2.91. The highest BCUT2D eigenvalue weighted by Crippen LogP contribution is 2.19. The van der Waals surface area contributed by atoms with Crippen LogP contribution in [0.5, 0.6) is 0 Å². The predicted molar refractivity (Wildman–Crippen MR) is 72.7 cm³/mol. The van der Waals surface area contributed by atoms with E-state index in [1.54, 1.807) is 0 Å². The zero-order valence-corrected chi connectivity index (χ0v) is 9.51. The number of fused-ring (bicyclic) bond motifs is 1. The highest BCUT2D eigenvalue weighted by Gasteiger charge is 2.07. The van der Waals surface area contributed by atoms with Gasteiger partial charge in [0.15, 0.2) is 0 Å². The summed E-state index contributed by atoms with van der Waals surface area (Å²) in [5, 5.41) is 0. The van der Waals surface area contributed by atoms with Gasteiger partial charge in [-0.25, -0.2) is 0 Å². The second-order valence-corrected chi connectivity index (χ2v) is 4.15. The fourth-order valence-electron chi connectivity index (χ4n) is 2.04. The number of allylic oxidation sites excluding steroid dienone is 1. The van der Waals surface area contributed by atoms with Crippen molar-refractivity contribution in [3.8, 4) is 0 Å². The topological polar surface area (TPSA) is 12.4 Å². The second kappa shape index (κ2) is 4.38. The minimum atomic E-state index is 0.918. The molecule has 0 fully saturated rings. The van der Waals surface area contributed by atoms with Crippen molar-refractivity contribution in [1.82, 2.24) is 0 Å². The predicted octanol–water partition coefficient (Wildman–Crippen LogP) is 4.03. The minimum Gasteiger partial charge on any atom is -0.253 e. The van der Waals surface area contributed by atoms with E-state index in [0.717, 1.165) is 17.8 Å². The smallest absolute Gasteiger partial charge is 0.0633 e. The Labute approximate surface area is 101 Å². The van der Waals surface area contributed by atoms with E-state index >= 15 is 0 Å². The van der Waals surface area contributed by atoms with Crippen LogP contribution in [0.3, 0.4) is 0 Å². The lowest BCUT2D eigenvalue weighted by molar-refractivity contribution is 1.29. The molecule has 3 rings (SSSR count). The van der Waals surface area contributed by atoms with Crippen LogP contribution in [0.4, 0.5) is 5.69 Å². The van der Waals surface area contributed by atoms with Gasteiger partial charge in [-0.3, -0.25) is 4.99 Å². The first-order valence-corrected chi connectivity index (χ1v) is 5.80. The maximum Gasteiger partial charge on any atom is 0.0633 e. The largest absolute Gasteiger partial charge is 0.253 e. The number of nitrogens with zero attached hydrogens (tertiary/aromatic N) is 1. The lowest BCUT2D eigenvalue weighted by Gasteiger charge is -2.11. The first-order chi connectivity index (χ1) is 8.42. The summed E-state index contributed by atoms with van der Waals surface area (Å²) in [6.45, 7) is 0. The molecule has 0 amide bonds. The van der Waals surface area contributed by atoms with Crippen LogP contribution in [0.2, 0.25) is 0 Å². The van der Waals surface area contributed by atoms with E-state index in [-0.39, 0.29) is 0 Å². The van der Waals surface area contributed by atoms with E-state index < -0.39 is 0 Å². The molecule has 1 nitrogen and oxygen atoms in total. The molecular weight excluding hydrogens is 206 g/mol. The van der Waals surface area contributed by atoms with Crippen molar-refractivity contribution < 1.29 is 0 Å². The van der Waals surface area contributed by atoms with Gasteiger partial charge < -0.3 is 0 Å². The Hall–Kier alpha value is -2.15. The molecule has 2 aromatic rings. The van der Waals surface area contributed by atoms with Crippen LogP contribution in [-0.2, 0) is 6.42 Å². The number of rotatable bonds is 1. The average molecular weight is 219 g/mol. The summed E-state index contributed by atoms with van der Waals surface area (Å²) >= 11 is 0. The van der Waals surface area contributed by atoms with Crippen LogP contribution in [-0.4, -0.2) is 5.71 Å². The lowest BCUT2D eigenvalue weighted by Crippen LogP contribution is -2.05. The molecule has 0 radical (unpaired) electrons. The van der Waals surface area contributed by atoms with Gasteiger partial charge in [0.1, 0.15) is 0 Å². The van der Waals surface area contributed by atoms with Crippen LogP contribution >= 0.6 is 0 Å². The Kier molecular flexibility index (Phi) is 2.59. The van der Waals surface area contributed by atoms with Crippen LogP contribution in [0.1, 0.15) is 11.1 Å². The molecule has 82 valence electrons. The Morgan fingerprint density at radius 3 is 2.41 bits per heavy atom. The summed E-state index contributed by atoms with van der Waals surface area (Å²) in [5.41, 5.74) is 4.80. The van der Waals surface area contributed by atoms with Crippen LogP contribution < -0.4 is 0 Å². The van der Waals surface area contributed by atoms with Crippen LogP contribution in [0.25, 0.3) is 6.08 Å². The quantitative estimate of drug-likeness (QED) is 0.686. The fourth-order valence-corrected chi connectivity index (χ4v) is 2.04. The van der Waals surface area contributed by atoms with Gasteiger partial charge in [-0.2, -0.15) is 0 Å². The van der Waals surface area contributed by atoms with Crippen molar-refractivity contribution in [3.05, 3.63) is 71.8 Å². The fraction of sp³-hybridized carbons (Fsp3) is 0.0625. The molecule has 17 heavy (non-hydrogen) atoms. The van der Waals surface area contributed by atoms with E-state index in [9.17, 15) is 0 Å². The van der Waals surface area contributed by atoms with Crippen molar-refractivity contribution in [3.63, 3.8) is 0 Å². The molecule has 0 unspecified atom stereocenters. The molecule has 1 aliphatic carbocycles. The Morgan fingerprint density at radius 2 is 1.53 bits per heavy atom. The Morgan fingerprint density at radius 1 is 0.765 bits per heavy atom. The molecule has 2 aromatic carbocycles. The molecule has 0 atom stereocenters. The lowest BCUT2D eigenvalue weighted by atomic mass is 9.96. The Balaban J connectivity index is 1.93. The van der Waals surface area contributed by atoms with Crippen LogP contribution in [0, 0.1) is 0 Å². The average Bonchev–Trinajstić information content (AvgIpc) is 2.40. The van der Waals surface area contributed by atoms with Crippen molar-refractivity contribution in [1.29, 1.82) is 0 Å². The summed E-state index contributed by atoms with van der Waals surface area (Å²) < 4.78 is 0. The van der Waals surface area contributed by atoms with Crippen LogP contribution in [0.15, 0.2) is 65.7 Å². The maximum absolute atomic E-state index is 4.65. The van der Waals surface area contributed by atoms with Gasteiger partial charge in [0.05, 0.1) is 5.69 Å². The standard InChI is InChI=1S/C16H13N/c1-2-8-15(9-3-1)17-16-11-10-13-6-4-5-7-14(13)12-16/h1-11H,12H2. The van der Waals surface area contributed by atoms with Crippen molar-refractivity contribution in [2.45, 2.75) is 6.42 Å². The van der Waals surface area contributed by atoms with E-state index in [0.29, 0.717) is 0 Å². The summed E-state index contributed by atoms with van der Waals surface area (Å²) in [7, 11) is 0. The SMILES string of the molecule is C1=Cc2ccccc2CC1=Nc1ccccc1. The zero-order valence-electron chi connectivity index (χ0n) is 9.51. The number of aliphatic imine (C=N–C) groups is 1. The van der Waals surface area contributed by atoms with Gasteiger partial charge in [-0.05, 0) is 29.3 Å². The van der Waals surface area contributed by atoms with E-state index in [1.165, 1.54) is 11.1 Å². The first kappa shape index (κ1) is 10.0. The number of benzene rings is 2. The van der Waals surface area contributed by atoms with Gasteiger partial charge in [-0.1, -0.05) is 48.5 Å². The number of hydrogen-bond acceptors (Lipinski definition) is 1. The summed E-state index contributed by atoms with van der Waals surface area (Å²) in [4.78, 5) is 4.65. The van der Waals surface area contributed by atoms with Crippen molar-refractivity contribution in [2.24, 2.45) is 4.99 Å². The van der Waals surface area contributed by atoms with Gasteiger partial charge in [0.25, 0.3) is 0 Å². The molecular formula is C16H13N. The first-order valence-electron chi connectivity index (χ1n) is 5.80. The van der Waals surface area contributed by atoms with E-state index in [4.69, 9.17) is 0 Å². The monoisotopic (exact) mass is 219 g/mol. The van der Waals surface area contributed by atoms with E-state index in [1.807, 2.05) is 30.3 Å². The van der Waals surface area contributed by atoms with Crippen molar-refractivity contribution in [2.75, 3.05) is 0 Å². The van der Waals surface area contributed by atoms with E-state index in [2.05, 4.69) is 41.4 Å². The zero-order chi connectivity index (χ0) is 11.5. The molecule has 1 aliphatic rings. The molecule has 0 saturated heterocycles. The Bertz CT molecular complexity index is 579. The highest BCUT2D eigenvalue weighted by atomic mass is 14.7. The molecule has 1 heteroatoms. The molecule has 0 saturated carbocycles. The normalized spacial score (nSPS) is 15.9. The summed E-state index contributed by atoms with van der Waals surface area (Å²) in [6, 6.07) is 18.6. The molecule has 0 N–H and O–H groups in total. The van der Waals surface area contributed by atoms with Gasteiger partial charge in [0.2, 0.25) is 0 Å². The summed E-state index contributed by atoms with van der Waals surface area (Å²) in [5.74, 6) is 0. The van der Waals surface area contributed by atoms with Crippen molar-refractivity contribution >= 4 is 17.5 Å². The minimum absolute atomic E-state index is 0.918. The molecule has 0 heterocycles. The highest BCUT2D eigenvalue weighted by molar-refractivity contribution is 6.03. The molecule has 0 spiro atoms. The van der Waals surface area contributed by atoms with Gasteiger partial charge in [0, 0.05) is 12.1 Å². The third-order valence-electron chi connectivity index (χ3n) is 2.91. The maximum atomic E-state index is 4.65. The second-order valence-electron chi connectivity index (χ2n) is 4.15. The molecule has 0 aromatic heterocycles.